The molecule has 6 nitrogen and oxygen atoms in total. The quantitative estimate of drug-likeness (QED) is 0.290. The number of ether oxygens (including phenoxy) is 2. The highest BCUT2D eigenvalue weighted by atomic mass is 32.2. The Bertz CT molecular complexity index is 805. The summed E-state index contributed by atoms with van der Waals surface area (Å²) in [4.78, 5) is 7.71. The van der Waals surface area contributed by atoms with Crippen molar-refractivity contribution in [3.05, 3.63) is 47.2 Å². The lowest BCUT2D eigenvalue weighted by molar-refractivity contribution is 0.0667. The zero-order chi connectivity index (χ0) is 18.5. The van der Waals surface area contributed by atoms with E-state index in [1.54, 1.807) is 11.8 Å². The summed E-state index contributed by atoms with van der Waals surface area (Å²) in [6.45, 7) is 6.48. The number of pyridine rings is 1. The predicted molar refractivity (Wildman–Crippen MR) is 103 cm³/mol. The first kappa shape index (κ1) is 18.5. The van der Waals surface area contributed by atoms with Crippen molar-refractivity contribution in [1.29, 1.82) is 0 Å². The van der Waals surface area contributed by atoms with E-state index in [-0.39, 0.29) is 0 Å². The number of benzene rings is 1. The fourth-order valence-corrected chi connectivity index (χ4v) is 3.45. The summed E-state index contributed by atoms with van der Waals surface area (Å²) >= 11 is 1.70. The maximum atomic E-state index is 9.62. The molecule has 26 heavy (non-hydrogen) atoms. The van der Waals surface area contributed by atoms with Crippen LogP contribution in [-0.4, -0.2) is 53.5 Å². The van der Waals surface area contributed by atoms with Crippen molar-refractivity contribution < 1.29 is 14.7 Å². The molecule has 0 unspecified atom stereocenters. The Morgan fingerprint density at radius 3 is 2.65 bits per heavy atom. The number of hydrogen-bond acceptors (Lipinski definition) is 6. The summed E-state index contributed by atoms with van der Waals surface area (Å²) in [5.41, 5.74) is 2.64. The maximum Gasteiger partial charge on any atom is 0.230 e. The molecule has 0 bridgehead atoms. The maximum absolute atomic E-state index is 9.62. The molecule has 138 valence electrons. The van der Waals surface area contributed by atoms with E-state index in [4.69, 9.17) is 9.47 Å². The summed E-state index contributed by atoms with van der Waals surface area (Å²) in [5.74, 6) is 1.59. The largest absolute Gasteiger partial charge is 0.438 e. The van der Waals surface area contributed by atoms with Crippen molar-refractivity contribution in [2.75, 3.05) is 32.6 Å². The van der Waals surface area contributed by atoms with Crippen LogP contribution in [0.15, 0.2) is 40.4 Å². The van der Waals surface area contributed by atoms with Crippen LogP contribution in [-0.2, 0) is 4.74 Å². The van der Waals surface area contributed by atoms with Gasteiger partial charge in [-0.2, -0.15) is 0 Å². The van der Waals surface area contributed by atoms with Crippen molar-refractivity contribution in [3.63, 3.8) is 0 Å². The number of amidine groups is 1. The van der Waals surface area contributed by atoms with Crippen LogP contribution < -0.4 is 4.74 Å². The van der Waals surface area contributed by atoms with Gasteiger partial charge in [-0.25, -0.2) is 4.98 Å². The van der Waals surface area contributed by atoms with Gasteiger partial charge in [0, 0.05) is 23.7 Å². The van der Waals surface area contributed by atoms with E-state index < -0.39 is 0 Å². The molecule has 0 amide bonds. The van der Waals surface area contributed by atoms with Gasteiger partial charge in [-0.15, -0.1) is 11.8 Å². The minimum Gasteiger partial charge on any atom is -0.438 e. The van der Waals surface area contributed by atoms with Crippen molar-refractivity contribution in [3.8, 4) is 11.6 Å². The van der Waals surface area contributed by atoms with Gasteiger partial charge in [0.05, 0.1) is 18.8 Å². The lowest BCUT2D eigenvalue weighted by atomic mass is 10.2. The second-order valence-corrected chi connectivity index (χ2v) is 6.91. The number of thioether (sulfide) groups is 1. The fraction of sp³-hybridized carbons (Fsp3) is 0.368. The van der Waals surface area contributed by atoms with E-state index in [0.717, 1.165) is 11.3 Å². The lowest BCUT2D eigenvalue weighted by Gasteiger charge is -2.29. The predicted octanol–water partition coefficient (Wildman–Crippen LogP) is 3.68. The molecule has 1 aromatic heterocycles. The molecule has 1 aromatic carbocycles. The van der Waals surface area contributed by atoms with Gasteiger partial charge in [-0.05, 0) is 56.0 Å². The molecule has 0 radical (unpaired) electrons. The summed E-state index contributed by atoms with van der Waals surface area (Å²) in [7, 11) is 0. The zero-order valence-electron chi connectivity index (χ0n) is 15.2. The van der Waals surface area contributed by atoms with Crippen molar-refractivity contribution in [1.82, 2.24) is 9.88 Å². The third-order valence-electron chi connectivity index (χ3n) is 4.23. The normalized spacial score (nSPS) is 15.2. The Hall–Kier alpha value is -2.25. The first-order chi connectivity index (χ1) is 12.6. The number of hydrogen-bond donors (Lipinski definition) is 1. The average Bonchev–Trinajstić information content (AvgIpc) is 2.65. The summed E-state index contributed by atoms with van der Waals surface area (Å²) in [6.07, 6.45) is 2.05. The van der Waals surface area contributed by atoms with Crippen LogP contribution in [0.3, 0.4) is 0 Å². The standard InChI is InChI=1S/C19H23N3O3S/c1-13-12-15(5-7-17(13)26-3)25-19-16(6-4-14(2)20-19)18(21-23)22-8-10-24-11-9-22/h4-7,12,23H,8-11H2,1-3H3/b21-18-. The Labute approximate surface area is 157 Å². The van der Waals surface area contributed by atoms with E-state index in [1.165, 1.54) is 4.90 Å². The van der Waals surface area contributed by atoms with E-state index in [1.807, 2.05) is 42.2 Å². The first-order valence-corrected chi connectivity index (χ1v) is 9.70. The van der Waals surface area contributed by atoms with Crippen LogP contribution >= 0.6 is 11.8 Å². The molecule has 2 aromatic rings. The topological polar surface area (TPSA) is 67.2 Å². The van der Waals surface area contributed by atoms with Gasteiger partial charge in [-0.1, -0.05) is 5.16 Å². The Kier molecular flexibility index (Phi) is 6.00. The molecular formula is C19H23N3O3S. The number of rotatable bonds is 4. The highest BCUT2D eigenvalue weighted by Crippen LogP contribution is 2.29. The number of aromatic nitrogens is 1. The Balaban J connectivity index is 1.94. The van der Waals surface area contributed by atoms with Crippen molar-refractivity contribution in [2.24, 2.45) is 5.16 Å². The SMILES string of the molecule is CSc1ccc(Oc2nc(C)ccc2/C(=N/O)N2CCOCC2)cc1C. The molecule has 0 aliphatic carbocycles. The summed E-state index contributed by atoms with van der Waals surface area (Å²) < 4.78 is 11.5. The number of oxime groups is 1. The van der Waals surface area contributed by atoms with Gasteiger partial charge < -0.3 is 19.6 Å². The summed E-state index contributed by atoms with van der Waals surface area (Å²) in [6, 6.07) is 9.72. The number of aryl methyl sites for hydroxylation is 2. The summed E-state index contributed by atoms with van der Waals surface area (Å²) in [5, 5.41) is 13.1. The van der Waals surface area contributed by atoms with Gasteiger partial charge >= 0.3 is 0 Å². The second-order valence-electron chi connectivity index (χ2n) is 6.06. The van der Waals surface area contributed by atoms with Gasteiger partial charge in [0.25, 0.3) is 0 Å². The van der Waals surface area contributed by atoms with Crippen molar-refractivity contribution >= 4 is 17.6 Å². The molecular weight excluding hydrogens is 350 g/mol. The Morgan fingerprint density at radius 1 is 1.23 bits per heavy atom. The zero-order valence-corrected chi connectivity index (χ0v) is 16.0. The van der Waals surface area contributed by atoms with Crippen LogP contribution in [0.2, 0.25) is 0 Å². The average molecular weight is 373 g/mol. The van der Waals surface area contributed by atoms with Gasteiger partial charge in [-0.3, -0.25) is 0 Å². The molecule has 1 N–H and O–H groups in total. The smallest absolute Gasteiger partial charge is 0.230 e. The Morgan fingerprint density at radius 2 is 2.00 bits per heavy atom. The van der Waals surface area contributed by atoms with E-state index >= 15 is 0 Å². The molecule has 0 atom stereocenters. The monoisotopic (exact) mass is 373 g/mol. The fourth-order valence-electron chi connectivity index (χ4n) is 2.87. The van der Waals surface area contributed by atoms with E-state index in [0.29, 0.717) is 49.3 Å². The highest BCUT2D eigenvalue weighted by molar-refractivity contribution is 7.98. The van der Waals surface area contributed by atoms with Crippen LogP contribution in [0, 0.1) is 13.8 Å². The lowest BCUT2D eigenvalue weighted by Crippen LogP contribution is -2.41. The molecule has 1 aliphatic rings. The minimum absolute atomic E-state index is 0.431. The number of nitrogens with zero attached hydrogens (tertiary/aromatic N) is 3. The van der Waals surface area contributed by atoms with Crippen molar-refractivity contribution in [2.45, 2.75) is 18.7 Å². The highest BCUT2D eigenvalue weighted by Gasteiger charge is 2.22. The molecule has 3 rings (SSSR count). The number of morpholine rings is 1. The second kappa shape index (κ2) is 8.42. The first-order valence-electron chi connectivity index (χ1n) is 8.47. The van der Waals surface area contributed by atoms with Gasteiger partial charge in [0.15, 0.2) is 5.84 Å². The van der Waals surface area contributed by atoms with Crippen LogP contribution in [0.5, 0.6) is 11.6 Å². The van der Waals surface area contributed by atoms with E-state index in [9.17, 15) is 5.21 Å². The molecule has 2 heterocycles. The van der Waals surface area contributed by atoms with Gasteiger partial charge in [0.1, 0.15) is 5.75 Å². The minimum atomic E-state index is 0.431. The molecule has 1 aliphatic heterocycles. The van der Waals surface area contributed by atoms with Crippen LogP contribution in [0.4, 0.5) is 0 Å². The molecule has 7 heteroatoms. The van der Waals surface area contributed by atoms with Crippen LogP contribution in [0.25, 0.3) is 0 Å². The van der Waals surface area contributed by atoms with Crippen LogP contribution in [0.1, 0.15) is 16.8 Å². The van der Waals surface area contributed by atoms with E-state index in [2.05, 4.69) is 23.3 Å². The third-order valence-corrected chi connectivity index (χ3v) is 5.12. The molecule has 0 saturated carbocycles. The molecule has 1 fully saturated rings. The van der Waals surface area contributed by atoms with Gasteiger partial charge in [0.2, 0.25) is 5.88 Å². The molecule has 0 spiro atoms. The third kappa shape index (κ3) is 4.11. The molecule has 1 saturated heterocycles.